The van der Waals surface area contributed by atoms with Crippen molar-refractivity contribution in [1.82, 2.24) is 0 Å². The summed E-state index contributed by atoms with van der Waals surface area (Å²) in [5.41, 5.74) is 2.05. The van der Waals surface area contributed by atoms with E-state index < -0.39 is 5.91 Å². The van der Waals surface area contributed by atoms with Crippen molar-refractivity contribution in [2.75, 3.05) is 12.4 Å². The fourth-order valence-electron chi connectivity index (χ4n) is 2.74. The fraction of sp³-hybridized carbons (Fsp3) is 0.0833. The lowest BCUT2D eigenvalue weighted by molar-refractivity contribution is -0.112. The van der Waals surface area contributed by atoms with Gasteiger partial charge in [-0.05, 0) is 82.3 Å². The van der Waals surface area contributed by atoms with E-state index in [0.29, 0.717) is 38.9 Å². The average molecular weight is 624 g/mol. The van der Waals surface area contributed by atoms with Gasteiger partial charge >= 0.3 is 0 Å². The molecule has 0 fully saturated rings. The number of nitriles is 1. The summed E-state index contributed by atoms with van der Waals surface area (Å²) in [5, 5.41) is 12.7. The Morgan fingerprint density at radius 3 is 2.59 bits per heavy atom. The highest BCUT2D eigenvalue weighted by Gasteiger charge is 2.14. The molecule has 3 aromatic rings. The molecule has 0 aliphatic carbocycles. The lowest BCUT2D eigenvalue weighted by Crippen LogP contribution is -2.13. The van der Waals surface area contributed by atoms with Gasteiger partial charge in [-0.15, -0.1) is 0 Å². The number of hydrogen-bond donors (Lipinski definition) is 1. The minimum Gasteiger partial charge on any atom is -0.493 e. The average Bonchev–Trinajstić information content (AvgIpc) is 2.78. The second-order valence-electron chi connectivity index (χ2n) is 6.57. The van der Waals surface area contributed by atoms with Crippen LogP contribution >= 0.6 is 50.1 Å². The molecular formula is C24H17BrClIN2O3. The third-order valence-electron chi connectivity index (χ3n) is 4.34. The van der Waals surface area contributed by atoms with Crippen molar-refractivity contribution in [2.45, 2.75) is 6.61 Å². The molecule has 0 atom stereocenters. The van der Waals surface area contributed by atoms with Gasteiger partial charge in [0, 0.05) is 18.8 Å². The number of amides is 1. The number of carbonyl (C=O) groups excluding carboxylic acids is 1. The Labute approximate surface area is 213 Å². The van der Waals surface area contributed by atoms with Crippen molar-refractivity contribution < 1.29 is 14.3 Å². The van der Waals surface area contributed by atoms with Gasteiger partial charge < -0.3 is 14.8 Å². The summed E-state index contributed by atoms with van der Waals surface area (Å²) < 4.78 is 13.2. The highest BCUT2D eigenvalue weighted by molar-refractivity contribution is 14.1. The molecule has 1 amide bonds. The fourth-order valence-corrected chi connectivity index (χ4v) is 3.73. The lowest BCUT2D eigenvalue weighted by Gasteiger charge is -2.13. The minimum atomic E-state index is -0.542. The van der Waals surface area contributed by atoms with Crippen LogP contribution in [0.1, 0.15) is 11.1 Å². The molecule has 162 valence electrons. The molecule has 0 saturated carbocycles. The van der Waals surface area contributed by atoms with Gasteiger partial charge in [0.25, 0.3) is 5.91 Å². The zero-order valence-electron chi connectivity index (χ0n) is 16.9. The molecule has 0 saturated heterocycles. The number of anilines is 1. The molecule has 0 heterocycles. The number of ether oxygens (including phenoxy) is 2. The summed E-state index contributed by atoms with van der Waals surface area (Å²) in [5.74, 6) is 0.481. The summed E-state index contributed by atoms with van der Waals surface area (Å²) in [7, 11) is 1.53. The number of carbonyl (C=O) groups is 1. The molecule has 5 nitrogen and oxygen atoms in total. The number of hydrogen-bond acceptors (Lipinski definition) is 4. The molecule has 32 heavy (non-hydrogen) atoms. The van der Waals surface area contributed by atoms with E-state index >= 15 is 0 Å². The number of methoxy groups -OCH3 is 1. The second kappa shape index (κ2) is 11.4. The van der Waals surface area contributed by atoms with E-state index in [-0.39, 0.29) is 5.57 Å². The van der Waals surface area contributed by atoms with Gasteiger partial charge in [-0.25, -0.2) is 0 Å². The van der Waals surface area contributed by atoms with Crippen LogP contribution in [-0.2, 0) is 11.4 Å². The summed E-state index contributed by atoms with van der Waals surface area (Å²) in [6.45, 7) is 0.375. The van der Waals surface area contributed by atoms with E-state index in [9.17, 15) is 10.1 Å². The molecule has 1 N–H and O–H groups in total. The number of benzene rings is 3. The first kappa shape index (κ1) is 24.1. The molecule has 3 aromatic carbocycles. The zero-order valence-corrected chi connectivity index (χ0v) is 21.4. The molecular weight excluding hydrogens is 607 g/mol. The van der Waals surface area contributed by atoms with Gasteiger partial charge in [0.2, 0.25) is 0 Å². The predicted octanol–water partition coefficient (Wildman–Crippen LogP) is 6.84. The molecule has 0 aromatic heterocycles. The Bertz CT molecular complexity index is 1210. The maximum absolute atomic E-state index is 12.6. The van der Waals surface area contributed by atoms with Crippen LogP contribution in [0.4, 0.5) is 5.69 Å². The number of nitrogens with zero attached hydrogens (tertiary/aromatic N) is 1. The number of nitrogens with one attached hydrogen (secondary N) is 1. The maximum atomic E-state index is 12.6. The van der Waals surface area contributed by atoms with Crippen LogP contribution in [0.3, 0.4) is 0 Å². The summed E-state index contributed by atoms with van der Waals surface area (Å²) in [6, 6.07) is 20.1. The smallest absolute Gasteiger partial charge is 0.266 e. The number of halogens is 3. The van der Waals surface area contributed by atoms with E-state index in [4.69, 9.17) is 21.1 Å². The SMILES string of the molecule is COc1cc(/C=C(\C#N)C(=O)Nc2cccc(Cl)c2)c(Br)cc1OCc1ccc(I)cc1. The van der Waals surface area contributed by atoms with Gasteiger partial charge in [0.05, 0.1) is 7.11 Å². The maximum Gasteiger partial charge on any atom is 0.266 e. The van der Waals surface area contributed by atoms with Gasteiger partial charge in [-0.3, -0.25) is 4.79 Å². The Morgan fingerprint density at radius 2 is 1.94 bits per heavy atom. The number of rotatable bonds is 7. The summed E-state index contributed by atoms with van der Waals surface area (Å²) in [4.78, 5) is 12.6. The highest BCUT2D eigenvalue weighted by Crippen LogP contribution is 2.35. The quantitative estimate of drug-likeness (QED) is 0.178. The first-order valence-electron chi connectivity index (χ1n) is 9.33. The Morgan fingerprint density at radius 1 is 1.19 bits per heavy atom. The lowest BCUT2D eigenvalue weighted by atomic mass is 10.1. The van der Waals surface area contributed by atoms with E-state index in [1.807, 2.05) is 30.3 Å². The first-order valence-corrected chi connectivity index (χ1v) is 11.6. The van der Waals surface area contributed by atoms with Crippen molar-refractivity contribution in [1.29, 1.82) is 5.26 Å². The van der Waals surface area contributed by atoms with Crippen LogP contribution in [0, 0.1) is 14.9 Å². The van der Waals surface area contributed by atoms with E-state index in [2.05, 4.69) is 43.8 Å². The first-order chi connectivity index (χ1) is 15.4. The largest absolute Gasteiger partial charge is 0.493 e. The zero-order chi connectivity index (χ0) is 23.1. The van der Waals surface area contributed by atoms with Crippen molar-refractivity contribution in [3.05, 3.63) is 90.4 Å². The Kier molecular flexibility index (Phi) is 8.56. The van der Waals surface area contributed by atoms with Crippen LogP contribution in [0.25, 0.3) is 6.08 Å². The van der Waals surface area contributed by atoms with Crippen LogP contribution in [0.15, 0.2) is 70.7 Å². The highest BCUT2D eigenvalue weighted by atomic mass is 127. The molecule has 0 aliphatic heterocycles. The van der Waals surface area contributed by atoms with Crippen LogP contribution in [0.2, 0.25) is 5.02 Å². The minimum absolute atomic E-state index is 0.0692. The molecule has 0 bridgehead atoms. The topological polar surface area (TPSA) is 71.3 Å². The van der Waals surface area contributed by atoms with Gasteiger partial charge in [-0.2, -0.15) is 5.26 Å². The normalized spacial score (nSPS) is 10.9. The van der Waals surface area contributed by atoms with Crippen LogP contribution in [0.5, 0.6) is 11.5 Å². The third kappa shape index (κ3) is 6.48. The second-order valence-corrected chi connectivity index (χ2v) is 9.11. The van der Waals surface area contributed by atoms with Gasteiger partial charge in [-0.1, -0.05) is 45.7 Å². The molecule has 0 spiro atoms. The van der Waals surface area contributed by atoms with Crippen molar-refractivity contribution in [2.24, 2.45) is 0 Å². The molecule has 3 rings (SSSR count). The standard InChI is InChI=1S/C24H17BrClIN2O3/c1-31-22-10-16(9-17(13-28)24(30)29-20-4-2-3-18(26)11-20)21(25)12-23(22)32-14-15-5-7-19(27)8-6-15/h2-12H,14H2,1H3,(H,29,30)/b17-9+. The predicted molar refractivity (Wildman–Crippen MR) is 138 cm³/mol. The van der Waals surface area contributed by atoms with Crippen molar-refractivity contribution >= 4 is 67.8 Å². The van der Waals surface area contributed by atoms with Gasteiger partial charge in [0.1, 0.15) is 18.2 Å². The Balaban J connectivity index is 1.81. The van der Waals surface area contributed by atoms with Crippen molar-refractivity contribution in [3.63, 3.8) is 0 Å². The van der Waals surface area contributed by atoms with E-state index in [1.54, 1.807) is 36.4 Å². The summed E-state index contributed by atoms with van der Waals surface area (Å²) in [6.07, 6.45) is 1.48. The van der Waals surface area contributed by atoms with Crippen molar-refractivity contribution in [3.8, 4) is 17.6 Å². The molecule has 0 radical (unpaired) electrons. The molecule has 8 heteroatoms. The monoisotopic (exact) mass is 622 g/mol. The van der Waals surface area contributed by atoms with Crippen LogP contribution < -0.4 is 14.8 Å². The Hall–Kier alpha value is -2.54. The molecule has 0 aliphatic rings. The van der Waals surface area contributed by atoms with E-state index in [0.717, 1.165) is 9.13 Å². The van der Waals surface area contributed by atoms with E-state index in [1.165, 1.54) is 13.2 Å². The van der Waals surface area contributed by atoms with Gasteiger partial charge in [0.15, 0.2) is 11.5 Å². The van der Waals surface area contributed by atoms with Crippen LogP contribution in [-0.4, -0.2) is 13.0 Å². The summed E-state index contributed by atoms with van der Waals surface area (Å²) >= 11 is 11.7. The molecule has 0 unspecified atom stereocenters. The third-order valence-corrected chi connectivity index (χ3v) is 5.98.